The van der Waals surface area contributed by atoms with Gasteiger partial charge in [-0.3, -0.25) is 4.79 Å². The molecule has 0 radical (unpaired) electrons. The molecule has 5 rings (SSSR count). The molecular weight excluding hydrogens is 727 g/mol. The van der Waals surface area contributed by atoms with Crippen molar-refractivity contribution in [3.63, 3.8) is 0 Å². The Kier molecular flexibility index (Phi) is 5.89. The number of carboxylic acids is 1. The van der Waals surface area contributed by atoms with Crippen molar-refractivity contribution in [2.24, 2.45) is 17.3 Å². The number of hydrogen-bond donors (Lipinski definition) is 1. The fraction of sp³-hybridized carbons (Fsp3) is 0.579. The van der Waals surface area contributed by atoms with Gasteiger partial charge in [-0.25, -0.2) is 4.79 Å². The van der Waals surface area contributed by atoms with Crippen LogP contribution in [-0.2, 0) is 14.3 Å². The third-order valence-electron chi connectivity index (χ3n) is 6.19. The van der Waals surface area contributed by atoms with Crippen LogP contribution in [0.2, 0.25) is 0 Å². The summed E-state index contributed by atoms with van der Waals surface area (Å²) in [6.07, 6.45) is -1.46. The van der Waals surface area contributed by atoms with Crippen molar-refractivity contribution in [2.75, 3.05) is 0 Å². The number of alkyl halides is 2. The second-order valence-electron chi connectivity index (χ2n) is 8.44. The van der Waals surface area contributed by atoms with Crippen molar-refractivity contribution in [3.05, 3.63) is 22.8 Å². The van der Waals surface area contributed by atoms with Gasteiger partial charge in [-0.2, -0.15) is 8.78 Å². The van der Waals surface area contributed by atoms with Gasteiger partial charge in [0, 0.05) is 3.57 Å². The Labute approximate surface area is 207 Å². The summed E-state index contributed by atoms with van der Waals surface area (Å²) in [4.78, 5) is 24.2. The molecule has 5 nitrogen and oxygen atoms in total. The van der Waals surface area contributed by atoms with Crippen LogP contribution in [0.1, 0.15) is 38.5 Å². The molecule has 0 heterocycles. The monoisotopic (exact) mass is 744 g/mol. The number of aliphatic carboxylic acids is 1. The number of hydrogen-bond acceptors (Lipinski definition) is 4. The Morgan fingerprint density at radius 2 is 1.62 bits per heavy atom. The molecule has 1 N–H and O–H groups in total. The lowest BCUT2D eigenvalue weighted by Gasteiger charge is -2.60. The predicted molar refractivity (Wildman–Crippen MR) is 124 cm³/mol. The summed E-state index contributed by atoms with van der Waals surface area (Å²) < 4.78 is 41.3. The van der Waals surface area contributed by atoms with Crippen molar-refractivity contribution < 1.29 is 33.0 Å². The summed E-state index contributed by atoms with van der Waals surface area (Å²) in [7, 11) is 0. The van der Waals surface area contributed by atoms with Gasteiger partial charge in [0.25, 0.3) is 0 Å². The number of halogens is 5. The molecule has 0 saturated heterocycles. The van der Waals surface area contributed by atoms with E-state index in [4.69, 9.17) is 14.6 Å². The van der Waals surface area contributed by atoms with E-state index in [0.29, 0.717) is 31.4 Å². The van der Waals surface area contributed by atoms with E-state index in [0.717, 1.165) is 17.1 Å². The van der Waals surface area contributed by atoms with Crippen molar-refractivity contribution in [3.8, 4) is 5.75 Å². The standard InChI is InChI=1S/C19H17F2I3O5/c20-19(21,15(25)26)29-18-6-9-1-10(7-18)5-17(4-9,8-18)16(27)28-14-12(23)2-11(22)3-13(14)24/h2-3,9-10H,1,4-8H2,(H,25,26). The van der Waals surface area contributed by atoms with Gasteiger partial charge in [0.15, 0.2) is 5.75 Å². The van der Waals surface area contributed by atoms with E-state index in [9.17, 15) is 18.4 Å². The minimum absolute atomic E-state index is 0.0586. The van der Waals surface area contributed by atoms with E-state index >= 15 is 0 Å². The zero-order valence-corrected chi connectivity index (χ0v) is 21.5. The molecule has 4 fully saturated rings. The Morgan fingerprint density at radius 1 is 1.07 bits per heavy atom. The van der Waals surface area contributed by atoms with Gasteiger partial charge in [-0.1, -0.05) is 0 Å². The lowest BCUT2D eigenvalue weighted by atomic mass is 9.48. The highest BCUT2D eigenvalue weighted by atomic mass is 127. The molecule has 4 aliphatic carbocycles. The highest BCUT2D eigenvalue weighted by molar-refractivity contribution is 14.1. The van der Waals surface area contributed by atoms with Gasteiger partial charge >= 0.3 is 18.0 Å². The molecule has 0 spiro atoms. The SMILES string of the molecule is O=C(Oc1c(I)cc(I)cc1I)C12CC3CC(CC(OC(F)(F)C(=O)O)(C3)C1)C2. The number of ether oxygens (including phenoxy) is 2. The van der Waals surface area contributed by atoms with Crippen LogP contribution >= 0.6 is 67.8 Å². The van der Waals surface area contributed by atoms with Gasteiger partial charge in [0.05, 0.1) is 18.2 Å². The minimum Gasteiger partial charge on any atom is -0.475 e. The number of carbonyl (C=O) groups is 2. The first-order valence-electron chi connectivity index (χ1n) is 9.12. The van der Waals surface area contributed by atoms with Crippen molar-refractivity contribution >= 4 is 79.7 Å². The summed E-state index contributed by atoms with van der Waals surface area (Å²) in [5.74, 6) is -2.12. The molecule has 158 valence electrons. The summed E-state index contributed by atoms with van der Waals surface area (Å²) in [5, 5.41) is 8.83. The number of rotatable bonds is 5. The lowest BCUT2D eigenvalue weighted by Crippen LogP contribution is -2.62. The molecule has 2 atom stereocenters. The molecule has 4 aliphatic rings. The molecule has 1 aromatic rings. The third-order valence-corrected chi connectivity index (χ3v) is 8.42. The average molecular weight is 744 g/mol. The fourth-order valence-corrected chi connectivity index (χ4v) is 9.48. The van der Waals surface area contributed by atoms with Gasteiger partial charge < -0.3 is 14.6 Å². The van der Waals surface area contributed by atoms with Crippen LogP contribution in [-0.4, -0.2) is 28.8 Å². The zero-order valence-electron chi connectivity index (χ0n) is 15.0. The van der Waals surface area contributed by atoms with E-state index in [1.54, 1.807) is 0 Å². The van der Waals surface area contributed by atoms with Gasteiger partial charge in [0.1, 0.15) is 0 Å². The first-order chi connectivity index (χ1) is 13.4. The van der Waals surface area contributed by atoms with Crippen LogP contribution in [0.3, 0.4) is 0 Å². The highest BCUT2D eigenvalue weighted by Crippen LogP contribution is 2.64. The molecule has 0 aliphatic heterocycles. The molecule has 2 unspecified atom stereocenters. The smallest absolute Gasteiger partial charge is 0.456 e. The number of carbonyl (C=O) groups excluding carboxylic acids is 1. The fourth-order valence-electron chi connectivity index (χ4n) is 5.68. The molecule has 0 amide bonds. The largest absolute Gasteiger partial charge is 0.475 e. The van der Waals surface area contributed by atoms with Crippen LogP contribution < -0.4 is 4.74 Å². The molecular formula is C19H17F2I3O5. The molecule has 10 heteroatoms. The predicted octanol–water partition coefficient (Wildman–Crippen LogP) is 5.44. The summed E-state index contributed by atoms with van der Waals surface area (Å²) in [5.41, 5.74) is -2.20. The van der Waals surface area contributed by atoms with E-state index in [-0.39, 0.29) is 18.3 Å². The minimum atomic E-state index is -4.27. The second kappa shape index (κ2) is 7.64. The maximum absolute atomic E-state index is 13.9. The van der Waals surface area contributed by atoms with E-state index in [1.165, 1.54) is 0 Å². The van der Waals surface area contributed by atoms with Gasteiger partial charge in [0.2, 0.25) is 0 Å². The van der Waals surface area contributed by atoms with Crippen LogP contribution in [0.4, 0.5) is 8.78 Å². The first kappa shape index (κ1) is 22.4. The number of esters is 1. The summed E-state index contributed by atoms with van der Waals surface area (Å²) >= 11 is 6.42. The Balaban J connectivity index is 1.62. The van der Waals surface area contributed by atoms with E-state index in [1.807, 2.05) is 12.1 Å². The second-order valence-corrected chi connectivity index (χ2v) is 12.0. The normalized spacial score (nSPS) is 33.0. The summed E-state index contributed by atoms with van der Waals surface area (Å²) in [6.45, 7) is 0. The van der Waals surface area contributed by atoms with Gasteiger partial charge in [-0.15, -0.1) is 0 Å². The third kappa shape index (κ3) is 4.15. The average Bonchev–Trinajstić information content (AvgIpc) is 2.55. The maximum Gasteiger partial charge on any atom is 0.456 e. The van der Waals surface area contributed by atoms with Crippen LogP contribution in [0, 0.1) is 28.0 Å². The molecule has 29 heavy (non-hydrogen) atoms. The quantitative estimate of drug-likeness (QED) is 0.247. The van der Waals surface area contributed by atoms with Gasteiger partial charge in [-0.05, 0) is 130 Å². The topological polar surface area (TPSA) is 72.8 Å². The molecule has 4 saturated carbocycles. The van der Waals surface area contributed by atoms with Crippen molar-refractivity contribution in [1.82, 2.24) is 0 Å². The zero-order chi connectivity index (χ0) is 21.2. The Morgan fingerprint density at radius 3 is 2.14 bits per heavy atom. The van der Waals surface area contributed by atoms with Crippen LogP contribution in [0.25, 0.3) is 0 Å². The lowest BCUT2D eigenvalue weighted by molar-refractivity contribution is -0.321. The Hall–Kier alpha value is 0.170. The first-order valence-corrected chi connectivity index (χ1v) is 12.4. The molecule has 1 aromatic carbocycles. The van der Waals surface area contributed by atoms with Crippen LogP contribution in [0.15, 0.2) is 12.1 Å². The Bertz CT molecular complexity index is 854. The maximum atomic E-state index is 13.9. The van der Waals surface area contributed by atoms with Crippen molar-refractivity contribution in [2.45, 2.75) is 50.2 Å². The number of carboxylic acid groups (broad SMARTS) is 1. The molecule has 4 bridgehead atoms. The molecule has 0 aromatic heterocycles. The van der Waals surface area contributed by atoms with Crippen LogP contribution in [0.5, 0.6) is 5.75 Å². The van der Waals surface area contributed by atoms with Crippen molar-refractivity contribution in [1.29, 1.82) is 0 Å². The highest BCUT2D eigenvalue weighted by Gasteiger charge is 2.65. The van der Waals surface area contributed by atoms with E-state index in [2.05, 4.69) is 67.8 Å². The summed E-state index contributed by atoms with van der Waals surface area (Å²) in [6, 6.07) is 3.81. The van der Waals surface area contributed by atoms with E-state index < -0.39 is 29.1 Å². The number of benzene rings is 1.